The lowest BCUT2D eigenvalue weighted by Gasteiger charge is -2.08. The van der Waals surface area contributed by atoms with Gasteiger partial charge in [0.2, 0.25) is 0 Å². The molecule has 3 aromatic rings. The SMILES string of the molecule is COc1ccc2c(c1)[nH]c(=O)n2-c1ccc(C(F)(F)F)cc1. The highest BCUT2D eigenvalue weighted by Gasteiger charge is 2.30. The van der Waals surface area contributed by atoms with Crippen molar-refractivity contribution in [3.63, 3.8) is 0 Å². The van der Waals surface area contributed by atoms with E-state index in [1.54, 1.807) is 18.2 Å². The van der Waals surface area contributed by atoms with Crippen LogP contribution in [-0.2, 0) is 6.18 Å². The molecule has 4 nitrogen and oxygen atoms in total. The minimum Gasteiger partial charge on any atom is -0.497 e. The van der Waals surface area contributed by atoms with Crippen LogP contribution in [0.3, 0.4) is 0 Å². The standard InChI is InChI=1S/C15H11F3N2O2/c1-22-11-6-7-13-12(8-11)19-14(21)20(13)10-4-2-9(3-5-10)15(16,17)18/h2-8H,1H3,(H,19,21). The van der Waals surface area contributed by atoms with Crippen LogP contribution in [0.4, 0.5) is 13.2 Å². The van der Waals surface area contributed by atoms with Gasteiger partial charge < -0.3 is 9.72 Å². The third-order valence-corrected chi connectivity index (χ3v) is 3.34. The third kappa shape index (κ3) is 2.34. The highest BCUT2D eigenvalue weighted by atomic mass is 19.4. The van der Waals surface area contributed by atoms with Gasteiger partial charge in [0, 0.05) is 6.07 Å². The molecule has 0 spiro atoms. The molecule has 0 atom stereocenters. The number of rotatable bonds is 2. The minimum atomic E-state index is -4.41. The molecule has 22 heavy (non-hydrogen) atoms. The second kappa shape index (κ2) is 4.94. The molecule has 0 bridgehead atoms. The number of aromatic nitrogens is 2. The number of hydrogen-bond donors (Lipinski definition) is 1. The summed E-state index contributed by atoms with van der Waals surface area (Å²) in [7, 11) is 1.51. The van der Waals surface area contributed by atoms with Gasteiger partial charge in [0.05, 0.1) is 29.4 Å². The van der Waals surface area contributed by atoms with E-state index >= 15 is 0 Å². The number of imidazole rings is 1. The number of nitrogens with one attached hydrogen (secondary N) is 1. The van der Waals surface area contributed by atoms with Crippen LogP contribution in [0.1, 0.15) is 5.56 Å². The fourth-order valence-electron chi connectivity index (χ4n) is 2.27. The van der Waals surface area contributed by atoms with E-state index in [0.717, 1.165) is 12.1 Å². The second-order valence-corrected chi connectivity index (χ2v) is 4.69. The molecule has 1 aromatic heterocycles. The van der Waals surface area contributed by atoms with Gasteiger partial charge in [0.15, 0.2) is 0 Å². The lowest BCUT2D eigenvalue weighted by atomic mass is 10.2. The van der Waals surface area contributed by atoms with Crippen LogP contribution >= 0.6 is 0 Å². The molecular formula is C15H11F3N2O2. The Hall–Kier alpha value is -2.70. The number of hydrogen-bond acceptors (Lipinski definition) is 2. The summed E-state index contributed by atoms with van der Waals surface area (Å²) in [5.41, 5.74) is 0.276. The molecular weight excluding hydrogens is 297 g/mol. The van der Waals surface area contributed by atoms with Crippen LogP contribution in [-0.4, -0.2) is 16.7 Å². The van der Waals surface area contributed by atoms with Crippen molar-refractivity contribution in [2.24, 2.45) is 0 Å². The fraction of sp³-hybridized carbons (Fsp3) is 0.133. The number of ether oxygens (including phenoxy) is 1. The van der Waals surface area contributed by atoms with Crippen LogP contribution in [0.25, 0.3) is 16.7 Å². The summed E-state index contributed by atoms with van der Waals surface area (Å²) in [5.74, 6) is 0.577. The maximum atomic E-state index is 12.6. The minimum absolute atomic E-state index is 0.356. The Kier molecular flexibility index (Phi) is 3.20. The molecule has 0 unspecified atom stereocenters. The molecule has 0 radical (unpaired) electrons. The lowest BCUT2D eigenvalue weighted by Crippen LogP contribution is -2.15. The van der Waals surface area contributed by atoms with Crippen LogP contribution in [0.5, 0.6) is 5.75 Å². The molecule has 0 aliphatic rings. The zero-order valence-corrected chi connectivity index (χ0v) is 11.4. The van der Waals surface area contributed by atoms with E-state index in [2.05, 4.69) is 4.98 Å². The molecule has 0 amide bonds. The van der Waals surface area contributed by atoms with Crippen LogP contribution in [0, 0.1) is 0 Å². The van der Waals surface area contributed by atoms with Crippen molar-refractivity contribution in [2.75, 3.05) is 7.11 Å². The van der Waals surface area contributed by atoms with E-state index in [1.807, 2.05) is 0 Å². The maximum Gasteiger partial charge on any atom is 0.416 e. The molecule has 3 rings (SSSR count). The van der Waals surface area contributed by atoms with Crippen molar-refractivity contribution in [3.8, 4) is 11.4 Å². The van der Waals surface area contributed by atoms with Crippen molar-refractivity contribution in [1.82, 2.24) is 9.55 Å². The summed E-state index contributed by atoms with van der Waals surface area (Å²) in [6.07, 6.45) is -4.41. The first-order valence-electron chi connectivity index (χ1n) is 6.36. The van der Waals surface area contributed by atoms with Gasteiger partial charge >= 0.3 is 11.9 Å². The average molecular weight is 308 g/mol. The summed E-state index contributed by atoms with van der Waals surface area (Å²) in [4.78, 5) is 14.7. The number of benzene rings is 2. The summed E-state index contributed by atoms with van der Waals surface area (Å²) in [6, 6.07) is 9.43. The Morgan fingerprint density at radius 1 is 1.09 bits per heavy atom. The van der Waals surface area contributed by atoms with Crippen molar-refractivity contribution < 1.29 is 17.9 Å². The van der Waals surface area contributed by atoms with Gasteiger partial charge in [0.1, 0.15) is 5.75 Å². The predicted molar refractivity (Wildman–Crippen MR) is 75.4 cm³/mol. The molecule has 0 aliphatic carbocycles. The van der Waals surface area contributed by atoms with Crippen LogP contribution < -0.4 is 10.4 Å². The predicted octanol–water partition coefficient (Wildman–Crippen LogP) is 3.35. The first-order valence-corrected chi connectivity index (χ1v) is 6.36. The summed E-state index contributed by atoms with van der Waals surface area (Å²) < 4.78 is 44.2. The molecule has 0 aliphatic heterocycles. The lowest BCUT2D eigenvalue weighted by molar-refractivity contribution is -0.137. The Balaban J connectivity index is 2.14. The largest absolute Gasteiger partial charge is 0.497 e. The zero-order chi connectivity index (χ0) is 15.9. The van der Waals surface area contributed by atoms with Gasteiger partial charge in [-0.3, -0.25) is 4.57 Å². The molecule has 0 saturated heterocycles. The highest BCUT2D eigenvalue weighted by molar-refractivity contribution is 5.78. The highest BCUT2D eigenvalue weighted by Crippen LogP contribution is 2.30. The zero-order valence-electron chi connectivity index (χ0n) is 11.4. The molecule has 2 aromatic carbocycles. The van der Waals surface area contributed by atoms with Crippen molar-refractivity contribution >= 4 is 11.0 Å². The normalized spacial score (nSPS) is 11.8. The molecule has 1 heterocycles. The Morgan fingerprint density at radius 2 is 1.77 bits per heavy atom. The van der Waals surface area contributed by atoms with Crippen molar-refractivity contribution in [3.05, 3.63) is 58.5 Å². The third-order valence-electron chi connectivity index (χ3n) is 3.34. The van der Waals surface area contributed by atoms with Crippen LogP contribution in [0.15, 0.2) is 47.3 Å². The van der Waals surface area contributed by atoms with Gasteiger partial charge in [-0.2, -0.15) is 13.2 Å². The quantitative estimate of drug-likeness (QED) is 0.789. The first kappa shape index (κ1) is 14.2. The molecule has 0 saturated carbocycles. The summed E-state index contributed by atoms with van der Waals surface area (Å²) in [5, 5.41) is 0. The fourth-order valence-corrected chi connectivity index (χ4v) is 2.27. The van der Waals surface area contributed by atoms with E-state index < -0.39 is 17.4 Å². The van der Waals surface area contributed by atoms with E-state index in [-0.39, 0.29) is 0 Å². The van der Waals surface area contributed by atoms with Gasteiger partial charge in [0.25, 0.3) is 0 Å². The number of halogens is 3. The first-order chi connectivity index (χ1) is 10.4. The van der Waals surface area contributed by atoms with E-state index in [9.17, 15) is 18.0 Å². The summed E-state index contributed by atoms with van der Waals surface area (Å²) >= 11 is 0. The Bertz CT molecular complexity index is 876. The van der Waals surface area contributed by atoms with Gasteiger partial charge in [-0.25, -0.2) is 4.79 Å². The van der Waals surface area contributed by atoms with Gasteiger partial charge in [-0.15, -0.1) is 0 Å². The number of aromatic amines is 1. The number of nitrogens with zero attached hydrogens (tertiary/aromatic N) is 1. The molecule has 114 valence electrons. The maximum absolute atomic E-state index is 12.6. The molecule has 7 heteroatoms. The number of alkyl halides is 3. The van der Waals surface area contributed by atoms with E-state index in [4.69, 9.17) is 4.74 Å². The Labute approximate surface area is 122 Å². The van der Waals surface area contributed by atoms with Crippen LogP contribution in [0.2, 0.25) is 0 Å². The second-order valence-electron chi connectivity index (χ2n) is 4.69. The number of fused-ring (bicyclic) bond motifs is 1. The number of methoxy groups -OCH3 is 1. The number of H-pyrrole nitrogens is 1. The molecule has 0 fully saturated rings. The van der Waals surface area contributed by atoms with E-state index in [1.165, 1.54) is 23.8 Å². The van der Waals surface area contributed by atoms with Crippen molar-refractivity contribution in [2.45, 2.75) is 6.18 Å². The molecule has 1 N–H and O–H groups in total. The monoisotopic (exact) mass is 308 g/mol. The average Bonchev–Trinajstić information content (AvgIpc) is 2.81. The van der Waals surface area contributed by atoms with Crippen molar-refractivity contribution in [1.29, 1.82) is 0 Å². The summed E-state index contributed by atoms with van der Waals surface area (Å²) in [6.45, 7) is 0. The van der Waals surface area contributed by atoms with Gasteiger partial charge in [-0.1, -0.05) is 0 Å². The topological polar surface area (TPSA) is 47.0 Å². The smallest absolute Gasteiger partial charge is 0.416 e. The Morgan fingerprint density at radius 3 is 2.36 bits per heavy atom. The van der Waals surface area contributed by atoms with E-state index in [0.29, 0.717) is 22.5 Å². The van der Waals surface area contributed by atoms with Gasteiger partial charge in [-0.05, 0) is 36.4 Å².